The van der Waals surface area contributed by atoms with Crippen molar-refractivity contribution in [1.82, 2.24) is 5.01 Å². The highest BCUT2D eigenvalue weighted by Gasteiger charge is 2.38. The van der Waals surface area contributed by atoms with E-state index in [1.807, 2.05) is 24.3 Å². The smallest absolute Gasteiger partial charge is 0.283 e. The number of amides is 1. The summed E-state index contributed by atoms with van der Waals surface area (Å²) in [6, 6.07) is 9.58. The maximum absolute atomic E-state index is 12.9. The predicted molar refractivity (Wildman–Crippen MR) is 159 cm³/mol. The summed E-state index contributed by atoms with van der Waals surface area (Å²) in [6.07, 6.45) is 7.46. The van der Waals surface area contributed by atoms with Crippen molar-refractivity contribution < 1.29 is 19.0 Å². The third kappa shape index (κ3) is 6.06. The first-order valence-electron chi connectivity index (χ1n) is 13.0. The van der Waals surface area contributed by atoms with Crippen molar-refractivity contribution in [3.8, 4) is 17.2 Å². The number of carbonyl (C=O) groups is 1. The number of rotatable bonds is 8. The highest BCUT2D eigenvalue weighted by Crippen LogP contribution is 2.39. The highest BCUT2D eigenvalue weighted by molar-refractivity contribution is 9.10. The van der Waals surface area contributed by atoms with E-state index >= 15 is 0 Å². The lowest BCUT2D eigenvalue weighted by molar-refractivity contribution is -0.114. The second kappa shape index (κ2) is 12.0. The van der Waals surface area contributed by atoms with E-state index in [2.05, 4.69) is 39.9 Å². The molecule has 1 aliphatic carbocycles. The lowest BCUT2D eigenvalue weighted by Gasteiger charge is -2.20. The van der Waals surface area contributed by atoms with Gasteiger partial charge in [0, 0.05) is 5.92 Å². The molecule has 0 radical (unpaired) electrons. The molecule has 1 N–H and O–H groups in total. The number of hydrogen-bond acceptors (Lipinski definition) is 7. The lowest BCUT2D eigenvalue weighted by Crippen LogP contribution is -2.35. The van der Waals surface area contributed by atoms with E-state index in [1.165, 1.54) is 47.2 Å². The van der Waals surface area contributed by atoms with E-state index < -0.39 is 5.91 Å². The van der Waals surface area contributed by atoms with E-state index in [1.54, 1.807) is 19.3 Å². The molecule has 1 amide bonds. The van der Waals surface area contributed by atoms with Gasteiger partial charge in [0.25, 0.3) is 5.91 Å². The fourth-order valence-corrected chi connectivity index (χ4v) is 6.39. The Hall–Kier alpha value is -3.11. The summed E-state index contributed by atoms with van der Waals surface area (Å²) in [5, 5.41) is 16.3. The van der Waals surface area contributed by atoms with Crippen LogP contribution in [0, 0.1) is 25.2 Å². The Labute approximate surface area is 241 Å². The monoisotopic (exact) mass is 610 g/mol. The molecule has 1 saturated carbocycles. The Morgan fingerprint density at radius 2 is 1.87 bits per heavy atom. The van der Waals surface area contributed by atoms with Crippen molar-refractivity contribution in [3.05, 3.63) is 57.1 Å². The lowest BCUT2D eigenvalue weighted by atomic mass is 9.90. The molecule has 0 aromatic heterocycles. The molecule has 10 heteroatoms. The summed E-state index contributed by atoms with van der Waals surface area (Å²) >= 11 is 4.99. The normalized spacial score (nSPS) is 18.7. The number of ether oxygens (including phenoxy) is 3. The van der Waals surface area contributed by atoms with E-state index in [0.717, 1.165) is 23.6 Å². The number of fused-ring (bicyclic) bond motifs is 1. The Morgan fingerprint density at radius 1 is 1.10 bits per heavy atom. The van der Waals surface area contributed by atoms with Crippen molar-refractivity contribution in [1.29, 1.82) is 5.41 Å². The van der Waals surface area contributed by atoms with E-state index in [-0.39, 0.29) is 11.4 Å². The van der Waals surface area contributed by atoms with E-state index in [0.29, 0.717) is 45.8 Å². The zero-order valence-electron chi connectivity index (χ0n) is 22.3. The number of nitrogens with one attached hydrogen (secondary N) is 1. The van der Waals surface area contributed by atoms with Crippen LogP contribution in [0.5, 0.6) is 17.2 Å². The largest absolute Gasteiger partial charge is 0.493 e. The minimum absolute atomic E-state index is 0.0298. The van der Waals surface area contributed by atoms with Crippen LogP contribution < -0.4 is 14.2 Å². The summed E-state index contributed by atoms with van der Waals surface area (Å²) in [6.45, 7) is 4.80. The molecule has 8 nitrogen and oxygen atoms in total. The van der Waals surface area contributed by atoms with Gasteiger partial charge in [-0.2, -0.15) is 15.1 Å². The topological polar surface area (TPSA) is 96.6 Å². The SMILES string of the molecule is COc1cc(/C=C2/C(=N)N3N=C(C4CCCCC4)SC3=NC2=O)cc(Br)c1OCCOc1ccc(C)c(C)c1. The average molecular weight is 612 g/mol. The first-order chi connectivity index (χ1) is 18.8. The molecule has 2 aromatic rings. The third-order valence-corrected chi connectivity index (χ3v) is 8.72. The van der Waals surface area contributed by atoms with Gasteiger partial charge in [-0.15, -0.1) is 0 Å². The standard InChI is InChI=1S/C29H31BrN4O4S/c1-17-9-10-21(13-18(17)2)37-11-12-38-25-23(30)15-19(16-24(25)36-3)14-22-26(31)34-29(32-27(22)35)39-28(33-34)20-7-5-4-6-8-20/h9-10,13-16,20,31H,4-8,11-12H2,1-3H3/b22-14-,31-26?. The quantitative estimate of drug-likeness (QED) is 0.263. The number of carbonyl (C=O) groups excluding carboxylic acids is 1. The van der Waals surface area contributed by atoms with Crippen LogP contribution in [0.3, 0.4) is 0 Å². The van der Waals surface area contributed by atoms with Crippen molar-refractivity contribution in [2.24, 2.45) is 16.0 Å². The minimum Gasteiger partial charge on any atom is -0.493 e. The van der Waals surface area contributed by atoms with Crippen molar-refractivity contribution in [3.63, 3.8) is 0 Å². The number of nitrogens with zero attached hydrogens (tertiary/aromatic N) is 3. The van der Waals surface area contributed by atoms with Crippen molar-refractivity contribution in [2.75, 3.05) is 20.3 Å². The summed E-state index contributed by atoms with van der Waals surface area (Å²) in [5.41, 5.74) is 3.25. The van der Waals surface area contributed by atoms with Crippen LogP contribution in [0.4, 0.5) is 0 Å². The van der Waals surface area contributed by atoms with Gasteiger partial charge in [-0.1, -0.05) is 25.3 Å². The maximum Gasteiger partial charge on any atom is 0.283 e. The summed E-state index contributed by atoms with van der Waals surface area (Å²) in [5.74, 6) is 1.79. The molecule has 0 bridgehead atoms. The van der Waals surface area contributed by atoms with Crippen LogP contribution in [-0.4, -0.2) is 47.3 Å². The molecule has 1 fully saturated rings. The number of hydrogen-bond donors (Lipinski definition) is 1. The fourth-order valence-electron chi connectivity index (χ4n) is 4.76. The number of hydrazone groups is 1. The Balaban J connectivity index is 1.29. The zero-order chi connectivity index (χ0) is 27.5. The first-order valence-corrected chi connectivity index (χ1v) is 14.7. The van der Waals surface area contributed by atoms with Gasteiger partial charge < -0.3 is 14.2 Å². The number of methoxy groups -OCH3 is 1. The maximum atomic E-state index is 12.9. The van der Waals surface area contributed by atoms with Gasteiger partial charge in [0.15, 0.2) is 17.3 Å². The fraction of sp³-hybridized carbons (Fsp3) is 0.379. The molecule has 0 atom stereocenters. The minimum atomic E-state index is -0.447. The molecule has 5 rings (SSSR count). The molecule has 0 unspecified atom stereocenters. The van der Waals surface area contributed by atoms with Crippen molar-refractivity contribution >= 4 is 55.7 Å². The Bertz CT molecular complexity index is 1400. The Morgan fingerprint density at radius 3 is 2.62 bits per heavy atom. The average Bonchev–Trinajstić information content (AvgIpc) is 3.36. The molecular formula is C29H31BrN4O4S. The van der Waals surface area contributed by atoms with Gasteiger partial charge in [0.2, 0.25) is 5.17 Å². The van der Waals surface area contributed by atoms with E-state index in [4.69, 9.17) is 19.6 Å². The van der Waals surface area contributed by atoms with Gasteiger partial charge >= 0.3 is 0 Å². The second-order valence-electron chi connectivity index (χ2n) is 9.77. The number of aliphatic imine (C=N–C) groups is 1. The van der Waals surface area contributed by atoms with Gasteiger partial charge in [-0.25, -0.2) is 0 Å². The number of thioether (sulfide) groups is 1. The summed E-state index contributed by atoms with van der Waals surface area (Å²) in [7, 11) is 1.56. The van der Waals surface area contributed by atoms with Crippen LogP contribution in [-0.2, 0) is 4.79 Å². The van der Waals surface area contributed by atoms with Crippen LogP contribution >= 0.6 is 27.7 Å². The van der Waals surface area contributed by atoms with Gasteiger partial charge in [0.05, 0.1) is 17.2 Å². The molecule has 2 heterocycles. The number of aryl methyl sites for hydroxylation is 2. The van der Waals surface area contributed by atoms with Gasteiger partial charge in [0.1, 0.15) is 24.0 Å². The molecule has 2 aliphatic heterocycles. The van der Waals surface area contributed by atoms with Gasteiger partial charge in [-0.3, -0.25) is 10.2 Å². The number of halogens is 1. The number of amidine groups is 2. The predicted octanol–water partition coefficient (Wildman–Crippen LogP) is 6.73. The second-order valence-corrected chi connectivity index (χ2v) is 11.6. The highest BCUT2D eigenvalue weighted by atomic mass is 79.9. The van der Waals surface area contributed by atoms with Crippen molar-refractivity contribution in [2.45, 2.75) is 46.0 Å². The first kappa shape index (κ1) is 27.5. The van der Waals surface area contributed by atoms with Crippen LogP contribution in [0.25, 0.3) is 6.08 Å². The zero-order valence-corrected chi connectivity index (χ0v) is 24.7. The Kier molecular flexibility index (Phi) is 8.42. The molecule has 2 aromatic carbocycles. The summed E-state index contributed by atoms with van der Waals surface area (Å²) < 4.78 is 18.0. The third-order valence-electron chi connectivity index (χ3n) is 7.06. The molecule has 39 heavy (non-hydrogen) atoms. The van der Waals surface area contributed by atoms with Crippen LogP contribution in [0.2, 0.25) is 0 Å². The molecule has 3 aliphatic rings. The van der Waals surface area contributed by atoms with Gasteiger partial charge in [-0.05, 0) is 101 Å². The van der Waals surface area contributed by atoms with Crippen LogP contribution in [0.1, 0.15) is 48.8 Å². The molecule has 0 saturated heterocycles. The van der Waals surface area contributed by atoms with E-state index in [9.17, 15) is 4.79 Å². The summed E-state index contributed by atoms with van der Waals surface area (Å²) in [4.78, 5) is 17.1. The molecule has 0 spiro atoms. The van der Waals surface area contributed by atoms with Crippen LogP contribution in [0.15, 0.2) is 50.5 Å². The number of benzene rings is 2. The molecule has 204 valence electrons. The molecular weight excluding hydrogens is 580 g/mol.